The highest BCUT2D eigenvalue weighted by molar-refractivity contribution is 7.86. The zero-order valence-electron chi connectivity index (χ0n) is 16.1. The van der Waals surface area contributed by atoms with Crippen LogP contribution >= 0.6 is 0 Å². The molecule has 2 unspecified atom stereocenters. The van der Waals surface area contributed by atoms with Crippen LogP contribution in [0.5, 0.6) is 0 Å². The Morgan fingerprint density at radius 2 is 1.45 bits per heavy atom. The predicted octanol–water partition coefficient (Wildman–Crippen LogP) is 4.35. The summed E-state index contributed by atoms with van der Waals surface area (Å²) in [4.78, 5) is 1.30. The number of hydrogen-bond donors (Lipinski definition) is 1. The third-order valence-corrected chi connectivity index (χ3v) is 6.98. The summed E-state index contributed by atoms with van der Waals surface area (Å²) in [7, 11) is 0.842. The molecule has 4 aromatic rings. The Labute approximate surface area is 175 Å². The quantitative estimate of drug-likeness (QED) is 0.501. The number of para-hydroxylation sites is 3. The van der Waals surface area contributed by atoms with Crippen molar-refractivity contribution in [2.75, 3.05) is 18.8 Å². The topological polar surface area (TPSA) is 54.3 Å². The first kappa shape index (κ1) is 19.6. The van der Waals surface area contributed by atoms with Gasteiger partial charge in [-0.15, -0.1) is 0 Å². The molecule has 1 heterocycles. The number of nitrogens with zero attached hydrogens (tertiary/aromatic N) is 2. The highest BCUT2D eigenvalue weighted by Gasteiger charge is 2.12. The van der Waals surface area contributed by atoms with Gasteiger partial charge in [0.15, 0.2) is 0 Å². The van der Waals surface area contributed by atoms with E-state index in [9.17, 15) is 8.42 Å². The van der Waals surface area contributed by atoms with Crippen LogP contribution in [0.25, 0.3) is 16.6 Å². The third kappa shape index (κ3) is 4.03. The molecule has 0 fully saturated rings. The van der Waals surface area contributed by atoms with Crippen molar-refractivity contribution in [1.82, 2.24) is 8.87 Å². The summed E-state index contributed by atoms with van der Waals surface area (Å²) in [5.41, 5.74) is 2.78. The largest absolute Gasteiger partial charge is 0.315 e. The molecule has 0 spiro atoms. The monoisotopic (exact) mass is 423 g/mol. The molecular weight excluding hydrogens is 402 g/mol. The summed E-state index contributed by atoms with van der Waals surface area (Å²) in [5, 5.41) is 1.15. The summed E-state index contributed by atoms with van der Waals surface area (Å²) >= 11 is 0. The molecule has 2 atom stereocenters. The highest BCUT2D eigenvalue weighted by atomic mass is 32.2. The first-order valence-corrected chi connectivity index (χ1v) is 11.3. The fraction of sp³-hybridized carbons (Fsp3) is 0.0909. The molecule has 148 valence electrons. The van der Waals surface area contributed by atoms with Gasteiger partial charge in [-0.25, -0.2) is 12.7 Å². The van der Waals surface area contributed by atoms with E-state index in [0.717, 1.165) is 22.3 Å². The molecule has 1 aromatic heterocycles. The van der Waals surface area contributed by atoms with Crippen LogP contribution in [0.1, 0.15) is 0 Å². The number of benzene rings is 3. The summed E-state index contributed by atoms with van der Waals surface area (Å²) in [6.07, 6.45) is 2.01. The number of hydrogen-bond acceptors (Lipinski definition) is 2. The smallest absolute Gasteiger partial charge is 0.150 e. The van der Waals surface area contributed by atoms with Crippen molar-refractivity contribution in [1.29, 1.82) is 0 Å². The van der Waals surface area contributed by atoms with Crippen LogP contribution in [-0.4, -0.2) is 31.4 Å². The average Bonchev–Trinajstić information content (AvgIpc) is 3.17. The molecule has 29 heavy (non-hydrogen) atoms. The Morgan fingerprint density at radius 3 is 2.21 bits per heavy atom. The van der Waals surface area contributed by atoms with E-state index in [1.165, 1.54) is 0 Å². The van der Waals surface area contributed by atoms with E-state index in [1.54, 1.807) is 42.7 Å². The molecule has 1 N–H and O–H groups in total. The summed E-state index contributed by atoms with van der Waals surface area (Å²) < 4.78 is 31.9. The number of nitrogens with one attached hydrogen (secondary N) is 1. The Morgan fingerprint density at radius 1 is 0.793 bits per heavy atom. The molecule has 0 aliphatic heterocycles. The summed E-state index contributed by atoms with van der Waals surface area (Å²) in [6.45, 7) is 0. The van der Waals surface area contributed by atoms with E-state index in [1.807, 2.05) is 42.6 Å². The number of rotatable bonds is 6. The Bertz CT molecular complexity index is 1200. The van der Waals surface area contributed by atoms with Crippen LogP contribution < -0.4 is 4.72 Å². The lowest BCUT2D eigenvalue weighted by atomic mass is 10.2. The van der Waals surface area contributed by atoms with Gasteiger partial charge in [-0.1, -0.05) is 30.3 Å². The van der Waals surface area contributed by atoms with E-state index in [2.05, 4.69) is 27.5 Å². The normalized spacial score (nSPS) is 13.5. The maximum atomic E-state index is 12.9. The molecule has 5 nitrogen and oxygen atoms in total. The van der Waals surface area contributed by atoms with E-state index < -0.39 is 22.0 Å². The van der Waals surface area contributed by atoms with Gasteiger partial charge in [-0.2, -0.15) is 0 Å². The number of aromatic nitrogens is 1. The Balaban J connectivity index is 1.62. The lowest BCUT2D eigenvalue weighted by Gasteiger charge is -2.14. The Hall–Kier alpha value is -2.74. The minimum atomic E-state index is -1.45. The van der Waals surface area contributed by atoms with E-state index in [4.69, 9.17) is 0 Å². The fourth-order valence-electron chi connectivity index (χ4n) is 3.11. The van der Waals surface area contributed by atoms with Crippen LogP contribution in [0.3, 0.4) is 0 Å². The van der Waals surface area contributed by atoms with Gasteiger partial charge in [-0.3, -0.25) is 4.72 Å². The second-order valence-corrected chi connectivity index (χ2v) is 9.58. The standard InChI is InChI=1S/C22H21N3O2S2/c1-24(2)29(27)19-13-11-18(12-14-19)28(26)23-20-8-4-6-10-22(20)25-16-15-17-7-3-5-9-21(17)25/h3-16,23H,1-2H3. The molecular formula is C22H21N3O2S2. The van der Waals surface area contributed by atoms with Gasteiger partial charge in [0.2, 0.25) is 0 Å². The molecule has 0 radical (unpaired) electrons. The van der Waals surface area contributed by atoms with Crippen molar-refractivity contribution in [3.8, 4) is 5.69 Å². The van der Waals surface area contributed by atoms with Crippen molar-refractivity contribution in [3.63, 3.8) is 0 Å². The highest BCUT2D eigenvalue weighted by Crippen LogP contribution is 2.27. The van der Waals surface area contributed by atoms with Crippen molar-refractivity contribution in [3.05, 3.63) is 85.1 Å². The molecule has 0 saturated heterocycles. The van der Waals surface area contributed by atoms with Gasteiger partial charge in [0.05, 0.1) is 26.7 Å². The van der Waals surface area contributed by atoms with Crippen molar-refractivity contribution >= 4 is 38.6 Å². The SMILES string of the molecule is CN(C)S(=O)c1ccc(S(=O)Nc2ccccc2-n2ccc3ccccc32)cc1. The molecule has 4 rings (SSSR count). The second kappa shape index (κ2) is 8.32. The first-order chi connectivity index (χ1) is 14.0. The van der Waals surface area contributed by atoms with Crippen molar-refractivity contribution in [2.24, 2.45) is 0 Å². The minimum Gasteiger partial charge on any atom is -0.315 e. The van der Waals surface area contributed by atoms with Gasteiger partial charge >= 0.3 is 0 Å². The molecule has 0 bridgehead atoms. The van der Waals surface area contributed by atoms with Gasteiger partial charge in [-0.05, 0) is 68.0 Å². The van der Waals surface area contributed by atoms with E-state index >= 15 is 0 Å². The molecule has 0 amide bonds. The maximum absolute atomic E-state index is 12.9. The van der Waals surface area contributed by atoms with Crippen molar-refractivity contribution in [2.45, 2.75) is 9.79 Å². The Kier molecular flexibility index (Phi) is 5.62. The molecule has 7 heteroatoms. The van der Waals surface area contributed by atoms with Crippen molar-refractivity contribution < 1.29 is 8.42 Å². The molecule has 0 aliphatic carbocycles. The third-order valence-electron chi connectivity index (χ3n) is 4.54. The van der Waals surface area contributed by atoms with Gasteiger partial charge in [0.25, 0.3) is 0 Å². The molecule has 3 aromatic carbocycles. The lowest BCUT2D eigenvalue weighted by molar-refractivity contribution is 0.602. The number of fused-ring (bicyclic) bond motifs is 1. The van der Waals surface area contributed by atoms with Gasteiger partial charge in [0, 0.05) is 6.20 Å². The maximum Gasteiger partial charge on any atom is 0.150 e. The van der Waals surface area contributed by atoms with Gasteiger partial charge < -0.3 is 4.57 Å². The number of anilines is 1. The first-order valence-electron chi connectivity index (χ1n) is 9.08. The fourth-order valence-corrected chi connectivity index (χ4v) is 4.78. The summed E-state index contributed by atoms with van der Waals surface area (Å²) in [5.74, 6) is 0. The van der Waals surface area contributed by atoms with Crippen LogP contribution in [-0.2, 0) is 22.0 Å². The van der Waals surface area contributed by atoms with E-state index in [0.29, 0.717) is 9.79 Å². The predicted molar refractivity (Wildman–Crippen MR) is 120 cm³/mol. The molecule has 0 aliphatic rings. The zero-order valence-corrected chi connectivity index (χ0v) is 17.7. The van der Waals surface area contributed by atoms with Crippen LogP contribution in [0.15, 0.2) is 94.9 Å². The average molecular weight is 424 g/mol. The second-order valence-electron chi connectivity index (χ2n) is 6.67. The van der Waals surface area contributed by atoms with Crippen LogP contribution in [0.2, 0.25) is 0 Å². The lowest BCUT2D eigenvalue weighted by Crippen LogP contribution is -2.15. The van der Waals surface area contributed by atoms with Gasteiger partial charge in [0.1, 0.15) is 22.0 Å². The van der Waals surface area contributed by atoms with E-state index in [-0.39, 0.29) is 0 Å². The van der Waals surface area contributed by atoms with Crippen LogP contribution in [0.4, 0.5) is 5.69 Å². The van der Waals surface area contributed by atoms with Crippen LogP contribution in [0, 0.1) is 0 Å². The zero-order chi connectivity index (χ0) is 20.4. The minimum absolute atomic E-state index is 0.622. The molecule has 0 saturated carbocycles. The summed E-state index contributed by atoms with van der Waals surface area (Å²) in [6, 6.07) is 25.0.